The topological polar surface area (TPSA) is 37.0 Å². The first-order valence-electron chi connectivity index (χ1n) is 6.46. The molecule has 1 aromatic carbocycles. The molecule has 0 radical (unpaired) electrons. The summed E-state index contributed by atoms with van der Waals surface area (Å²) < 4.78 is 6.50. The summed E-state index contributed by atoms with van der Waals surface area (Å²) in [7, 11) is 1.68. The molecule has 1 aliphatic heterocycles. The fourth-order valence-corrected chi connectivity index (χ4v) is 3.98. The van der Waals surface area contributed by atoms with Crippen molar-refractivity contribution >= 4 is 38.4 Å². The van der Waals surface area contributed by atoms with E-state index in [1.165, 1.54) is 5.69 Å². The van der Waals surface area contributed by atoms with E-state index < -0.39 is 0 Å². The molecular weight excluding hydrogens is 328 g/mol. The maximum Gasteiger partial charge on any atom is 0.143 e. The van der Waals surface area contributed by atoms with Crippen molar-refractivity contribution in [2.24, 2.45) is 0 Å². The zero-order chi connectivity index (χ0) is 13.4. The number of piperidine rings is 1. The van der Waals surface area contributed by atoms with Gasteiger partial charge in [-0.15, -0.1) is 0 Å². The molecule has 3 nitrogen and oxygen atoms in total. The van der Waals surface area contributed by atoms with Gasteiger partial charge in [0.15, 0.2) is 0 Å². The van der Waals surface area contributed by atoms with E-state index in [1.54, 1.807) is 7.11 Å². The number of nitrogens with one attached hydrogen (secondary N) is 2. The third-order valence-corrected chi connectivity index (χ3v) is 4.94. The lowest BCUT2D eigenvalue weighted by Crippen LogP contribution is -2.26. The molecule has 0 spiro atoms. The van der Waals surface area contributed by atoms with Gasteiger partial charge in [-0.05, 0) is 54.0 Å². The molecule has 1 aliphatic rings. The molecule has 5 heteroatoms. The highest BCUT2D eigenvalue weighted by atomic mass is 79.9. The normalized spacial score (nSPS) is 17.0. The summed E-state index contributed by atoms with van der Waals surface area (Å²) in [5.41, 5.74) is 2.22. The van der Waals surface area contributed by atoms with Gasteiger partial charge in [0.05, 0.1) is 17.6 Å². The Bertz CT molecular complexity index is 605. The summed E-state index contributed by atoms with van der Waals surface area (Å²) in [4.78, 5) is 3.51. The summed E-state index contributed by atoms with van der Waals surface area (Å²) in [6.07, 6.45) is 2.29. The highest BCUT2D eigenvalue weighted by molar-refractivity contribution is 9.10. The second-order valence-corrected chi connectivity index (χ2v) is 6.08. The molecule has 0 atom stereocenters. The fourth-order valence-electron chi connectivity index (χ4n) is 2.78. The largest absolute Gasteiger partial charge is 0.495 e. The van der Waals surface area contributed by atoms with Gasteiger partial charge in [0, 0.05) is 21.5 Å². The first-order chi connectivity index (χ1) is 9.22. The number of benzene rings is 1. The average molecular weight is 344 g/mol. The number of methoxy groups -OCH3 is 1. The van der Waals surface area contributed by atoms with E-state index in [4.69, 9.17) is 16.3 Å². The average Bonchev–Trinajstić information content (AvgIpc) is 2.79. The lowest BCUT2D eigenvalue weighted by molar-refractivity contribution is 0.418. The van der Waals surface area contributed by atoms with Crippen LogP contribution in [0.1, 0.15) is 24.5 Å². The van der Waals surface area contributed by atoms with Gasteiger partial charge in [-0.3, -0.25) is 0 Å². The van der Waals surface area contributed by atoms with Gasteiger partial charge in [0.2, 0.25) is 0 Å². The third kappa shape index (κ3) is 2.26. The third-order valence-electron chi connectivity index (χ3n) is 3.80. The molecule has 0 saturated carbocycles. The van der Waals surface area contributed by atoms with Gasteiger partial charge in [-0.1, -0.05) is 11.6 Å². The Morgan fingerprint density at radius 2 is 2.05 bits per heavy atom. The van der Waals surface area contributed by atoms with Crippen molar-refractivity contribution in [3.63, 3.8) is 0 Å². The van der Waals surface area contributed by atoms with Crippen LogP contribution >= 0.6 is 27.5 Å². The zero-order valence-corrected chi connectivity index (χ0v) is 13.1. The van der Waals surface area contributed by atoms with E-state index in [1.807, 2.05) is 12.1 Å². The monoisotopic (exact) mass is 342 g/mol. The van der Waals surface area contributed by atoms with Crippen LogP contribution in [0, 0.1) is 0 Å². The standard InChI is InChI=1S/C14H16BrClN2O/c1-19-10-3-2-9(16)11-12(15)13(18-14(10)11)8-4-6-17-7-5-8/h2-3,8,17-18H,4-7H2,1H3. The zero-order valence-electron chi connectivity index (χ0n) is 10.7. The predicted octanol–water partition coefficient (Wildman–Crippen LogP) is 4.06. The van der Waals surface area contributed by atoms with E-state index in [2.05, 4.69) is 26.2 Å². The van der Waals surface area contributed by atoms with E-state index in [9.17, 15) is 0 Å². The summed E-state index contributed by atoms with van der Waals surface area (Å²) >= 11 is 10.0. The van der Waals surface area contributed by atoms with E-state index in [-0.39, 0.29) is 0 Å². The molecule has 2 heterocycles. The van der Waals surface area contributed by atoms with Crippen molar-refractivity contribution < 1.29 is 4.74 Å². The van der Waals surface area contributed by atoms with Crippen molar-refractivity contribution in [1.29, 1.82) is 0 Å². The Kier molecular flexibility index (Phi) is 3.74. The molecule has 2 N–H and O–H groups in total. The summed E-state index contributed by atoms with van der Waals surface area (Å²) in [6.45, 7) is 2.13. The maximum absolute atomic E-state index is 6.33. The number of hydrogen-bond acceptors (Lipinski definition) is 2. The molecule has 102 valence electrons. The Labute approximate surface area is 125 Å². The van der Waals surface area contributed by atoms with E-state index >= 15 is 0 Å². The number of fused-ring (bicyclic) bond motifs is 1. The lowest BCUT2D eigenvalue weighted by Gasteiger charge is -2.22. The van der Waals surface area contributed by atoms with Gasteiger partial charge >= 0.3 is 0 Å². The number of hydrogen-bond donors (Lipinski definition) is 2. The highest BCUT2D eigenvalue weighted by Crippen LogP contribution is 2.42. The Hall–Kier alpha value is -0.710. The smallest absolute Gasteiger partial charge is 0.143 e. The molecule has 19 heavy (non-hydrogen) atoms. The fraction of sp³-hybridized carbons (Fsp3) is 0.429. The summed E-state index contributed by atoms with van der Waals surface area (Å²) in [5, 5.41) is 5.16. The Morgan fingerprint density at radius 3 is 2.74 bits per heavy atom. The van der Waals surface area contributed by atoms with Crippen LogP contribution in [-0.4, -0.2) is 25.2 Å². The first-order valence-corrected chi connectivity index (χ1v) is 7.63. The minimum atomic E-state index is 0.545. The van der Waals surface area contributed by atoms with Gasteiger partial charge in [-0.2, -0.15) is 0 Å². The van der Waals surface area contributed by atoms with Gasteiger partial charge in [0.25, 0.3) is 0 Å². The molecule has 0 bridgehead atoms. The maximum atomic E-state index is 6.33. The number of H-pyrrole nitrogens is 1. The summed E-state index contributed by atoms with van der Waals surface area (Å²) in [5.74, 6) is 1.38. The van der Waals surface area contributed by atoms with E-state index in [0.717, 1.165) is 52.1 Å². The van der Waals surface area contributed by atoms with Crippen LogP contribution < -0.4 is 10.1 Å². The number of halogens is 2. The van der Waals surface area contributed by atoms with Crippen molar-refractivity contribution in [1.82, 2.24) is 10.3 Å². The van der Waals surface area contributed by atoms with Crippen molar-refractivity contribution in [2.75, 3.05) is 20.2 Å². The van der Waals surface area contributed by atoms with Crippen molar-refractivity contribution in [3.8, 4) is 5.75 Å². The molecule has 0 amide bonds. The van der Waals surface area contributed by atoms with Crippen LogP contribution in [0.4, 0.5) is 0 Å². The second-order valence-electron chi connectivity index (χ2n) is 4.88. The predicted molar refractivity (Wildman–Crippen MR) is 82.4 cm³/mol. The summed E-state index contributed by atoms with van der Waals surface area (Å²) in [6, 6.07) is 3.79. The Balaban J connectivity index is 2.16. The molecule has 2 aromatic rings. The molecule has 1 saturated heterocycles. The molecular formula is C14H16BrClN2O. The number of aromatic nitrogens is 1. The van der Waals surface area contributed by atoms with Crippen LogP contribution in [-0.2, 0) is 0 Å². The molecule has 0 unspecified atom stereocenters. The Morgan fingerprint density at radius 1 is 1.32 bits per heavy atom. The molecule has 1 fully saturated rings. The van der Waals surface area contributed by atoms with E-state index in [0.29, 0.717) is 5.92 Å². The van der Waals surface area contributed by atoms with Gasteiger partial charge in [0.1, 0.15) is 5.75 Å². The van der Waals surface area contributed by atoms with Crippen molar-refractivity contribution in [2.45, 2.75) is 18.8 Å². The lowest BCUT2D eigenvalue weighted by atomic mass is 9.95. The van der Waals surface area contributed by atoms with Crippen molar-refractivity contribution in [3.05, 3.63) is 27.3 Å². The minimum Gasteiger partial charge on any atom is -0.495 e. The minimum absolute atomic E-state index is 0.545. The highest BCUT2D eigenvalue weighted by Gasteiger charge is 2.23. The SMILES string of the molecule is COc1ccc(Cl)c2c(Br)c(C3CCNCC3)[nH]c12. The van der Waals surface area contributed by atoms with Crippen LogP contribution in [0.25, 0.3) is 10.9 Å². The molecule has 1 aromatic heterocycles. The van der Waals surface area contributed by atoms with Crippen LogP contribution in [0.5, 0.6) is 5.75 Å². The number of ether oxygens (including phenoxy) is 1. The van der Waals surface area contributed by atoms with Crippen LogP contribution in [0.3, 0.4) is 0 Å². The van der Waals surface area contributed by atoms with Gasteiger partial charge < -0.3 is 15.0 Å². The van der Waals surface area contributed by atoms with Crippen LogP contribution in [0.15, 0.2) is 16.6 Å². The quantitative estimate of drug-likeness (QED) is 0.863. The molecule has 3 rings (SSSR count). The number of aromatic amines is 1. The van der Waals surface area contributed by atoms with Gasteiger partial charge in [-0.25, -0.2) is 0 Å². The molecule has 0 aliphatic carbocycles. The second kappa shape index (κ2) is 5.35. The van der Waals surface area contributed by atoms with Crippen LogP contribution in [0.2, 0.25) is 5.02 Å². The number of rotatable bonds is 2. The first kappa shape index (κ1) is 13.3.